The molecule has 0 radical (unpaired) electrons. The van der Waals surface area contributed by atoms with Crippen LogP contribution < -0.4 is 61.6 Å². The molecule has 0 bridgehead atoms. The van der Waals surface area contributed by atoms with Crippen molar-refractivity contribution in [2.24, 2.45) is 0 Å². The Balaban J connectivity index is 0.00000169. The van der Waals surface area contributed by atoms with E-state index >= 15 is 0 Å². The Labute approximate surface area is 123 Å². The van der Waals surface area contributed by atoms with E-state index in [9.17, 15) is 12.9 Å². The fourth-order valence-electron chi connectivity index (χ4n) is 0.914. The van der Waals surface area contributed by atoms with Crippen molar-refractivity contribution in [1.82, 2.24) is 4.98 Å². The molecule has 7 heteroatoms. The molecule has 1 aromatic rings. The van der Waals surface area contributed by atoms with E-state index in [-0.39, 0.29) is 57.1 Å². The summed E-state index contributed by atoms with van der Waals surface area (Å²) in [6, 6.07) is 0.961. The van der Waals surface area contributed by atoms with E-state index in [2.05, 4.69) is 4.98 Å². The zero-order valence-electron chi connectivity index (χ0n) is 8.22. The Morgan fingerprint density at radius 3 is 2.36 bits per heavy atom. The van der Waals surface area contributed by atoms with E-state index < -0.39 is 12.4 Å². The number of methoxy groups -OCH3 is 1. The van der Waals surface area contributed by atoms with Gasteiger partial charge >= 0.3 is 58.4 Å². The monoisotopic (exact) mass is 229 g/mol. The molecular weight excluding hydrogens is 221 g/mol. The largest absolute Gasteiger partial charge is 1.00 e. The van der Waals surface area contributed by atoms with Gasteiger partial charge in [-0.05, 0) is 13.0 Å². The molecule has 0 saturated heterocycles. The van der Waals surface area contributed by atoms with Crippen molar-refractivity contribution in [1.29, 1.82) is 0 Å². The fourth-order valence-corrected chi connectivity index (χ4v) is 0.914. The predicted molar refractivity (Wildman–Crippen MR) is 44.2 cm³/mol. The van der Waals surface area contributed by atoms with Crippen LogP contribution in [0.15, 0.2) is 12.3 Å². The maximum Gasteiger partial charge on any atom is 1.00 e. The molecule has 0 amide bonds. The van der Waals surface area contributed by atoms with Crippen LogP contribution in [-0.2, 0) is 0 Å². The van der Waals surface area contributed by atoms with Crippen LogP contribution in [0.3, 0.4) is 0 Å². The molecule has 0 spiro atoms. The van der Waals surface area contributed by atoms with Crippen molar-refractivity contribution < 1.29 is 69.1 Å². The second kappa shape index (κ2) is 5.50. The molecule has 1 rings (SSSR count). The molecule has 0 aliphatic carbocycles. The summed E-state index contributed by atoms with van der Waals surface area (Å²) in [6.45, 7) is -3.40. The first-order valence-corrected chi connectivity index (χ1v) is 3.65. The summed E-state index contributed by atoms with van der Waals surface area (Å²) < 4.78 is 41.3. The number of halogens is 3. The van der Waals surface area contributed by atoms with Crippen molar-refractivity contribution in [3.63, 3.8) is 0 Å². The summed E-state index contributed by atoms with van der Waals surface area (Å²) >= 11 is 0. The molecule has 0 aliphatic heterocycles. The van der Waals surface area contributed by atoms with Gasteiger partial charge in [0.05, 0.1) is 12.8 Å². The number of nitrogens with zero attached hydrogens (tertiary/aromatic N) is 1. The first-order valence-electron chi connectivity index (χ1n) is 3.65. The maximum atomic E-state index is 12.2. The summed E-state index contributed by atoms with van der Waals surface area (Å²) in [5, 5.41) is 0. The molecule has 0 N–H and O–H groups in total. The van der Waals surface area contributed by atoms with E-state index in [0.717, 1.165) is 12.3 Å². The van der Waals surface area contributed by atoms with Crippen molar-refractivity contribution in [2.45, 2.75) is 6.92 Å². The van der Waals surface area contributed by atoms with Gasteiger partial charge in [0.1, 0.15) is 5.75 Å². The van der Waals surface area contributed by atoms with Crippen LogP contribution in [0, 0.1) is 6.92 Å². The molecule has 0 atom stereocenters. The van der Waals surface area contributed by atoms with Crippen LogP contribution in [-0.4, -0.2) is 19.1 Å². The van der Waals surface area contributed by atoms with Gasteiger partial charge < -0.3 is 17.7 Å². The summed E-state index contributed by atoms with van der Waals surface area (Å²) in [4.78, 5) is 3.59. The number of hydrogen-bond donors (Lipinski definition) is 0. The van der Waals surface area contributed by atoms with E-state index in [4.69, 9.17) is 4.74 Å². The Morgan fingerprint density at radius 1 is 1.36 bits per heavy atom. The van der Waals surface area contributed by atoms with Crippen LogP contribution in [0.5, 0.6) is 5.75 Å². The first kappa shape index (κ1) is 14.4. The summed E-state index contributed by atoms with van der Waals surface area (Å²) in [5.41, 5.74) is -0.284. The van der Waals surface area contributed by atoms with Crippen LogP contribution in [0.2, 0.25) is 0 Å². The van der Waals surface area contributed by atoms with Gasteiger partial charge in [0, 0.05) is 6.20 Å². The van der Waals surface area contributed by atoms with Gasteiger partial charge in [0.25, 0.3) is 0 Å². The van der Waals surface area contributed by atoms with Gasteiger partial charge in [0.15, 0.2) is 0 Å². The van der Waals surface area contributed by atoms with Gasteiger partial charge in [-0.2, -0.15) is 0 Å². The predicted octanol–water partition coefficient (Wildman–Crippen LogP) is -1.54. The topological polar surface area (TPSA) is 22.1 Å². The normalized spacial score (nSPS) is 10.6. The number of aromatic nitrogens is 1. The van der Waals surface area contributed by atoms with Crippen molar-refractivity contribution in [3.8, 4) is 5.75 Å². The van der Waals surface area contributed by atoms with Crippen molar-refractivity contribution in [3.05, 3.63) is 18.0 Å². The quantitative estimate of drug-likeness (QED) is 0.573. The summed E-state index contributed by atoms with van der Waals surface area (Å²) in [5.74, 6) is 0.164. The molecule has 0 aromatic carbocycles. The number of rotatable bonds is 2. The Hall–Kier alpha value is 0.441. The molecule has 2 nitrogen and oxygen atoms in total. The van der Waals surface area contributed by atoms with Crippen LogP contribution in [0.25, 0.3) is 0 Å². The molecule has 72 valence electrons. The average molecular weight is 229 g/mol. The third kappa shape index (κ3) is 3.54. The SMILES string of the molecule is COc1cc([B-](F)(F)F)cnc1C.[K+]. The Bertz CT molecular complexity index is 318. The number of aryl methyl sites for hydroxylation is 1. The Morgan fingerprint density at radius 2 is 1.93 bits per heavy atom. The second-order valence-corrected chi connectivity index (χ2v) is 2.63. The van der Waals surface area contributed by atoms with E-state index in [1.165, 1.54) is 7.11 Å². The smallest absolute Gasteiger partial charge is 0.495 e. The molecule has 14 heavy (non-hydrogen) atoms. The second-order valence-electron chi connectivity index (χ2n) is 2.63. The van der Waals surface area contributed by atoms with Gasteiger partial charge in [0.2, 0.25) is 0 Å². The third-order valence-electron chi connectivity index (χ3n) is 1.66. The van der Waals surface area contributed by atoms with Crippen LogP contribution in [0.4, 0.5) is 12.9 Å². The molecule has 0 fully saturated rings. The molecular formula is C7H8BF3KNO. The van der Waals surface area contributed by atoms with E-state index in [1.54, 1.807) is 6.92 Å². The van der Waals surface area contributed by atoms with Gasteiger partial charge in [-0.25, -0.2) is 0 Å². The van der Waals surface area contributed by atoms with E-state index in [0.29, 0.717) is 5.69 Å². The number of hydrogen-bond acceptors (Lipinski definition) is 2. The summed E-state index contributed by atoms with van der Waals surface area (Å²) in [7, 11) is 1.32. The maximum absolute atomic E-state index is 12.2. The van der Waals surface area contributed by atoms with Gasteiger partial charge in [-0.3, -0.25) is 4.98 Å². The number of ether oxygens (including phenoxy) is 1. The average Bonchev–Trinajstić information content (AvgIpc) is 2.03. The number of pyridine rings is 1. The van der Waals surface area contributed by atoms with Gasteiger partial charge in [-0.15, -0.1) is 0 Å². The molecule has 1 aromatic heterocycles. The first-order chi connectivity index (χ1) is 5.95. The molecule has 0 unspecified atom stereocenters. The van der Waals surface area contributed by atoms with Crippen molar-refractivity contribution in [2.75, 3.05) is 7.11 Å². The fraction of sp³-hybridized carbons (Fsp3) is 0.286. The standard InChI is InChI=1S/C7H8BF3NO.K/c1-5-7(13-2)3-6(4-12-5)8(9,10)11;/h3-4H,1-2H3;/q-1;+1. The molecule has 0 aliphatic rings. The van der Waals surface area contributed by atoms with Crippen molar-refractivity contribution >= 4 is 12.4 Å². The van der Waals surface area contributed by atoms with Crippen LogP contribution >= 0.6 is 0 Å². The van der Waals surface area contributed by atoms with Crippen LogP contribution in [0.1, 0.15) is 5.69 Å². The Kier molecular flexibility index (Phi) is 5.68. The minimum Gasteiger partial charge on any atom is -0.495 e. The molecule has 0 saturated carbocycles. The molecule has 1 heterocycles. The zero-order valence-corrected chi connectivity index (χ0v) is 11.3. The van der Waals surface area contributed by atoms with Gasteiger partial charge in [-0.1, -0.05) is 5.46 Å². The summed E-state index contributed by atoms with van der Waals surface area (Å²) in [6.07, 6.45) is 0.817. The third-order valence-corrected chi connectivity index (χ3v) is 1.66. The minimum absolute atomic E-state index is 0. The minimum atomic E-state index is -4.99. The zero-order chi connectivity index (χ0) is 10.1. The van der Waals surface area contributed by atoms with E-state index in [1.807, 2.05) is 0 Å².